The van der Waals surface area contributed by atoms with Gasteiger partial charge in [-0.15, -0.1) is 0 Å². The second kappa shape index (κ2) is 10.6. The third-order valence-corrected chi connectivity index (χ3v) is 11.2. The normalized spacial score (nSPS) is 27.7. The summed E-state index contributed by atoms with van der Waals surface area (Å²) in [7, 11) is 0. The first kappa shape index (κ1) is 29.3. The van der Waals surface area contributed by atoms with E-state index in [2.05, 4.69) is 4.98 Å². The fraction of sp³-hybridized carbons (Fsp3) is 0.225. The van der Waals surface area contributed by atoms with Gasteiger partial charge in [-0.3, -0.25) is 24.1 Å². The molecule has 0 spiro atoms. The predicted molar refractivity (Wildman–Crippen MR) is 181 cm³/mol. The Morgan fingerprint density at radius 2 is 1.51 bits per heavy atom. The number of fused-ring (bicyclic) bond motifs is 5. The van der Waals surface area contributed by atoms with Gasteiger partial charge in [-0.25, -0.2) is 9.88 Å². The first-order chi connectivity index (χ1) is 23.8. The number of amides is 4. The monoisotopic (exact) mass is 649 g/mol. The number of anilines is 2. The van der Waals surface area contributed by atoms with Crippen molar-refractivity contribution in [3.05, 3.63) is 120 Å². The topological polar surface area (TPSA) is 121 Å². The molecule has 9 rings (SSSR count). The molecule has 2 aliphatic heterocycles. The van der Waals surface area contributed by atoms with Crippen LogP contribution >= 0.6 is 0 Å². The summed E-state index contributed by atoms with van der Waals surface area (Å²) in [5, 5.41) is 10.5. The Bertz CT molecular complexity index is 2210. The predicted octanol–water partition coefficient (Wildman–Crippen LogP) is 6.64. The van der Waals surface area contributed by atoms with Gasteiger partial charge in [-0.1, -0.05) is 54.1 Å². The van der Waals surface area contributed by atoms with Gasteiger partial charge >= 0.3 is 0 Å². The van der Waals surface area contributed by atoms with Crippen LogP contribution in [0.25, 0.3) is 22.6 Å². The van der Waals surface area contributed by atoms with Crippen LogP contribution in [0.5, 0.6) is 5.75 Å². The first-order valence-electron chi connectivity index (χ1n) is 16.5. The smallest absolute Gasteiger partial charge is 0.241 e. The zero-order chi connectivity index (χ0) is 33.6. The highest BCUT2D eigenvalue weighted by molar-refractivity contribution is 6.25. The lowest BCUT2D eigenvalue weighted by atomic mass is 9.51. The van der Waals surface area contributed by atoms with Crippen LogP contribution in [0.15, 0.2) is 119 Å². The van der Waals surface area contributed by atoms with Gasteiger partial charge < -0.3 is 9.52 Å². The molecule has 3 fully saturated rings. The SMILES string of the molecule is C[C@@]12C(=O)N(c3ccccc3)C(=O)[C@@H]1C[C@@H]1C(=CC[C@@H]3C(=O)N(c4ccc(-c5nc6ccccc6o5)cc4)C(=O)[C@@H]31)[C@@H]2c1cccc(O)c1. The summed E-state index contributed by atoms with van der Waals surface area (Å²) in [6.07, 6.45) is 2.60. The fourth-order valence-electron chi connectivity index (χ4n) is 8.93. The fourth-order valence-corrected chi connectivity index (χ4v) is 8.93. The van der Waals surface area contributed by atoms with E-state index in [1.54, 1.807) is 66.7 Å². The van der Waals surface area contributed by atoms with Crippen LogP contribution in [0, 0.1) is 29.1 Å². The van der Waals surface area contributed by atoms with Gasteiger partial charge in [-0.05, 0) is 91.9 Å². The van der Waals surface area contributed by atoms with E-state index in [1.807, 2.05) is 49.4 Å². The molecule has 0 unspecified atom stereocenters. The lowest BCUT2D eigenvalue weighted by Crippen LogP contribution is -2.48. The number of carbonyl (C=O) groups is 4. The number of phenolic OH excluding ortho intramolecular Hbond substituents is 1. The van der Waals surface area contributed by atoms with E-state index < -0.39 is 35.0 Å². The summed E-state index contributed by atoms with van der Waals surface area (Å²) in [4.78, 5) is 64.3. The summed E-state index contributed by atoms with van der Waals surface area (Å²) in [5.41, 5.74) is 3.48. The number of oxazole rings is 1. The van der Waals surface area contributed by atoms with Crippen LogP contribution in [-0.2, 0) is 19.2 Å². The summed E-state index contributed by atoms with van der Waals surface area (Å²) in [6.45, 7) is 1.84. The van der Waals surface area contributed by atoms with E-state index >= 15 is 0 Å². The average Bonchev–Trinajstić information content (AvgIpc) is 3.72. The molecule has 1 saturated carbocycles. The van der Waals surface area contributed by atoms with Crippen molar-refractivity contribution < 1.29 is 28.7 Å². The van der Waals surface area contributed by atoms with Gasteiger partial charge in [0, 0.05) is 11.5 Å². The van der Waals surface area contributed by atoms with Gasteiger partial charge in [0.15, 0.2) is 5.58 Å². The Balaban J connectivity index is 1.09. The Labute approximate surface area is 281 Å². The van der Waals surface area contributed by atoms with Gasteiger partial charge in [0.05, 0.1) is 34.5 Å². The van der Waals surface area contributed by atoms with Crippen LogP contribution in [-0.4, -0.2) is 33.7 Å². The third kappa shape index (κ3) is 4.14. The molecule has 49 heavy (non-hydrogen) atoms. The van der Waals surface area contributed by atoms with Crippen LogP contribution in [0.3, 0.4) is 0 Å². The van der Waals surface area contributed by atoms with Gasteiger partial charge in [0.25, 0.3) is 0 Å². The number of rotatable bonds is 4. The van der Waals surface area contributed by atoms with Crippen molar-refractivity contribution in [2.75, 3.05) is 9.80 Å². The van der Waals surface area contributed by atoms with E-state index in [0.29, 0.717) is 40.4 Å². The van der Waals surface area contributed by atoms with Crippen molar-refractivity contribution >= 4 is 46.1 Å². The van der Waals surface area contributed by atoms with Crippen molar-refractivity contribution in [3.8, 4) is 17.2 Å². The Hall–Kier alpha value is -5.83. The first-order valence-corrected chi connectivity index (χ1v) is 16.5. The van der Waals surface area contributed by atoms with Crippen LogP contribution in [0.2, 0.25) is 0 Å². The summed E-state index contributed by atoms with van der Waals surface area (Å²) in [6, 6.07) is 30.2. The lowest BCUT2D eigenvalue weighted by molar-refractivity contribution is -0.131. The molecule has 4 aliphatic rings. The molecular formula is C40H31N3O6. The van der Waals surface area contributed by atoms with E-state index in [-0.39, 0.29) is 35.8 Å². The molecule has 1 N–H and O–H groups in total. The number of aromatic nitrogens is 1. The van der Waals surface area contributed by atoms with Crippen molar-refractivity contribution in [3.63, 3.8) is 0 Å². The van der Waals surface area contributed by atoms with Crippen LogP contribution in [0.4, 0.5) is 11.4 Å². The Kier molecular flexibility index (Phi) is 6.33. The van der Waals surface area contributed by atoms with Crippen LogP contribution in [0.1, 0.15) is 31.2 Å². The molecule has 3 heterocycles. The zero-order valence-corrected chi connectivity index (χ0v) is 26.5. The molecule has 5 aromatic rings. The van der Waals surface area contributed by atoms with E-state index in [4.69, 9.17) is 4.42 Å². The highest BCUT2D eigenvalue weighted by Gasteiger charge is 2.67. The molecule has 0 bridgehead atoms. The minimum Gasteiger partial charge on any atom is -0.508 e. The van der Waals surface area contributed by atoms with E-state index in [1.165, 1.54) is 9.80 Å². The number of aromatic hydroxyl groups is 1. The number of allylic oxidation sites excluding steroid dienone is 2. The second-order valence-electron chi connectivity index (χ2n) is 13.6. The van der Waals surface area contributed by atoms with Crippen molar-refractivity contribution in [1.29, 1.82) is 0 Å². The van der Waals surface area contributed by atoms with Crippen molar-refractivity contribution in [1.82, 2.24) is 4.98 Å². The minimum atomic E-state index is -1.16. The molecule has 1 aromatic heterocycles. The number of hydrogen-bond acceptors (Lipinski definition) is 7. The summed E-state index contributed by atoms with van der Waals surface area (Å²) in [5.74, 6) is -3.77. The largest absolute Gasteiger partial charge is 0.508 e. The lowest BCUT2D eigenvalue weighted by Gasteiger charge is -2.49. The third-order valence-electron chi connectivity index (χ3n) is 11.2. The standard InChI is InChI=1S/C40H31N3O6/c1-40-30(37(46)43(39(40)48)24-9-3-2-4-10-24)21-29-27(34(40)23-8-7-11-26(44)20-23)18-19-28-33(29)38(47)42(36(28)45)25-16-14-22(15-17-25)35-41-31-12-5-6-13-32(31)49-35/h2-18,20,28-30,33-34,44H,19,21H2,1H3/t28-,29+,30-,33-,34-,40+/m0/s1. The number of benzene rings is 4. The maximum Gasteiger partial charge on any atom is 0.241 e. The zero-order valence-electron chi connectivity index (χ0n) is 26.5. The highest BCUT2D eigenvalue weighted by Crippen LogP contribution is 2.63. The Morgan fingerprint density at radius 1 is 0.776 bits per heavy atom. The maximum absolute atomic E-state index is 14.5. The van der Waals surface area contributed by atoms with E-state index in [0.717, 1.165) is 11.1 Å². The van der Waals surface area contributed by atoms with Crippen LogP contribution < -0.4 is 9.80 Å². The number of phenols is 1. The molecule has 6 atom stereocenters. The molecule has 9 nitrogen and oxygen atoms in total. The van der Waals surface area contributed by atoms with E-state index in [9.17, 15) is 24.3 Å². The molecular weight excluding hydrogens is 618 g/mol. The summed E-state index contributed by atoms with van der Waals surface area (Å²) >= 11 is 0. The number of imide groups is 2. The van der Waals surface area contributed by atoms with Crippen molar-refractivity contribution in [2.24, 2.45) is 29.1 Å². The molecule has 0 radical (unpaired) electrons. The molecule has 2 aliphatic carbocycles. The molecule has 4 aromatic carbocycles. The molecule has 4 amide bonds. The average molecular weight is 650 g/mol. The molecule has 242 valence electrons. The Morgan fingerprint density at radius 3 is 2.27 bits per heavy atom. The highest BCUT2D eigenvalue weighted by atomic mass is 16.3. The maximum atomic E-state index is 14.5. The van der Waals surface area contributed by atoms with Crippen molar-refractivity contribution in [2.45, 2.75) is 25.7 Å². The van der Waals surface area contributed by atoms with Gasteiger partial charge in [0.2, 0.25) is 29.5 Å². The van der Waals surface area contributed by atoms with Gasteiger partial charge in [0.1, 0.15) is 11.3 Å². The molecule has 9 heteroatoms. The number of carbonyl (C=O) groups excluding carboxylic acids is 4. The number of hydrogen-bond donors (Lipinski definition) is 1. The molecule has 2 saturated heterocycles. The number of para-hydroxylation sites is 3. The summed E-state index contributed by atoms with van der Waals surface area (Å²) < 4.78 is 5.91. The minimum absolute atomic E-state index is 0.0466. The van der Waals surface area contributed by atoms with Gasteiger partial charge in [-0.2, -0.15) is 0 Å². The quantitative estimate of drug-likeness (QED) is 0.171. The second-order valence-corrected chi connectivity index (χ2v) is 13.6. The number of nitrogens with zero attached hydrogens (tertiary/aromatic N) is 3.